The van der Waals surface area contributed by atoms with E-state index >= 15 is 0 Å². The first kappa shape index (κ1) is 10.2. The van der Waals surface area contributed by atoms with E-state index in [2.05, 4.69) is 4.98 Å². The topological polar surface area (TPSA) is 62.3 Å². The molecule has 17 heavy (non-hydrogen) atoms. The number of aromatic nitrogens is 1. The summed E-state index contributed by atoms with van der Waals surface area (Å²) in [6, 6.07) is 5.81. The Balaban J connectivity index is 2.18. The lowest BCUT2D eigenvalue weighted by atomic mass is 10.1. The van der Waals surface area contributed by atoms with Gasteiger partial charge in [-0.1, -0.05) is 0 Å². The molecule has 0 amide bonds. The van der Waals surface area contributed by atoms with Gasteiger partial charge in [0.05, 0.1) is 13.0 Å². The molecular formula is C13H13NO3. The van der Waals surface area contributed by atoms with E-state index < -0.39 is 5.97 Å². The zero-order valence-electron chi connectivity index (χ0n) is 9.49. The minimum absolute atomic E-state index is 0.386. The lowest BCUT2D eigenvalue weighted by molar-refractivity contribution is -0.138. The summed E-state index contributed by atoms with van der Waals surface area (Å²) < 4.78 is 5.16. The van der Waals surface area contributed by atoms with Crippen LogP contribution in [0.4, 0.5) is 0 Å². The van der Waals surface area contributed by atoms with Gasteiger partial charge in [-0.2, -0.15) is 0 Å². The summed E-state index contributed by atoms with van der Waals surface area (Å²) in [5.74, 6) is -0.352. The van der Waals surface area contributed by atoms with Crippen molar-refractivity contribution in [2.24, 2.45) is 0 Å². The highest BCUT2D eigenvalue weighted by Crippen LogP contribution is 2.38. The van der Waals surface area contributed by atoms with Crippen LogP contribution in [0.5, 0.6) is 5.75 Å². The van der Waals surface area contributed by atoms with E-state index in [1.54, 1.807) is 7.11 Å². The summed E-state index contributed by atoms with van der Waals surface area (Å²) in [4.78, 5) is 14.3. The van der Waals surface area contributed by atoms with Gasteiger partial charge in [-0.3, -0.25) is 4.79 Å². The Bertz CT molecular complexity index is 600. The molecule has 1 aliphatic rings. The maximum absolute atomic E-state index is 11.1. The van der Waals surface area contributed by atoms with Crippen LogP contribution in [0.3, 0.4) is 0 Å². The number of hydrogen-bond acceptors (Lipinski definition) is 2. The third-order valence-corrected chi connectivity index (χ3v) is 3.48. The predicted molar refractivity (Wildman–Crippen MR) is 63.5 cm³/mol. The van der Waals surface area contributed by atoms with Crippen molar-refractivity contribution in [3.8, 4) is 5.75 Å². The molecule has 4 heteroatoms. The summed E-state index contributed by atoms with van der Waals surface area (Å²) in [6.07, 6.45) is 1.52. The largest absolute Gasteiger partial charge is 0.497 e. The van der Waals surface area contributed by atoms with Gasteiger partial charge >= 0.3 is 5.97 Å². The SMILES string of the molecule is COc1ccc2c3c([nH]c2c1)C(C(=O)O)CC3. The number of aryl methyl sites for hydroxylation is 1. The van der Waals surface area contributed by atoms with Crippen LogP contribution in [0.1, 0.15) is 23.6 Å². The van der Waals surface area contributed by atoms with Gasteiger partial charge in [-0.05, 0) is 30.5 Å². The van der Waals surface area contributed by atoms with Gasteiger partial charge in [0, 0.05) is 22.7 Å². The van der Waals surface area contributed by atoms with Gasteiger partial charge < -0.3 is 14.8 Å². The number of carbonyl (C=O) groups is 1. The van der Waals surface area contributed by atoms with Crippen molar-refractivity contribution < 1.29 is 14.6 Å². The zero-order valence-corrected chi connectivity index (χ0v) is 9.49. The molecule has 0 fully saturated rings. The number of aliphatic carboxylic acids is 1. The quantitative estimate of drug-likeness (QED) is 0.833. The third-order valence-electron chi connectivity index (χ3n) is 3.48. The molecule has 1 aromatic heterocycles. The maximum atomic E-state index is 11.1. The Labute approximate surface area is 98.2 Å². The van der Waals surface area contributed by atoms with Crippen molar-refractivity contribution >= 4 is 16.9 Å². The van der Waals surface area contributed by atoms with Crippen LogP contribution >= 0.6 is 0 Å². The molecule has 3 rings (SSSR count). The molecule has 0 radical (unpaired) electrons. The normalized spacial score (nSPS) is 18.3. The highest BCUT2D eigenvalue weighted by atomic mass is 16.5. The molecule has 1 heterocycles. The lowest BCUT2D eigenvalue weighted by Gasteiger charge is -2.02. The number of fused-ring (bicyclic) bond motifs is 3. The average Bonchev–Trinajstić information content (AvgIpc) is 2.85. The van der Waals surface area contributed by atoms with Crippen LogP contribution in [-0.2, 0) is 11.2 Å². The highest BCUT2D eigenvalue weighted by Gasteiger charge is 2.31. The number of H-pyrrole nitrogens is 1. The van der Waals surface area contributed by atoms with Gasteiger partial charge in [-0.15, -0.1) is 0 Å². The van der Waals surface area contributed by atoms with E-state index in [1.807, 2.05) is 18.2 Å². The smallest absolute Gasteiger partial charge is 0.312 e. The lowest BCUT2D eigenvalue weighted by Crippen LogP contribution is -2.08. The van der Waals surface area contributed by atoms with Crippen LogP contribution in [0.15, 0.2) is 18.2 Å². The number of carboxylic acid groups (broad SMARTS) is 1. The summed E-state index contributed by atoms with van der Waals surface area (Å²) in [5.41, 5.74) is 2.97. The molecule has 2 aromatic rings. The molecule has 1 aromatic carbocycles. The number of ether oxygens (including phenoxy) is 1. The Hall–Kier alpha value is -1.97. The molecule has 1 unspecified atom stereocenters. The number of benzene rings is 1. The third kappa shape index (κ3) is 1.40. The second-order valence-electron chi connectivity index (χ2n) is 4.36. The second-order valence-corrected chi connectivity index (χ2v) is 4.36. The first-order valence-electron chi connectivity index (χ1n) is 5.62. The minimum atomic E-state index is -0.748. The molecule has 0 spiro atoms. The fraction of sp³-hybridized carbons (Fsp3) is 0.308. The first-order valence-corrected chi connectivity index (χ1v) is 5.62. The number of carboxylic acids is 1. The van der Waals surface area contributed by atoms with Crippen molar-refractivity contribution in [2.45, 2.75) is 18.8 Å². The number of methoxy groups -OCH3 is 1. The average molecular weight is 231 g/mol. The van der Waals surface area contributed by atoms with E-state index in [0.29, 0.717) is 6.42 Å². The summed E-state index contributed by atoms with van der Waals surface area (Å²) in [7, 11) is 1.62. The molecule has 0 saturated carbocycles. The number of aromatic amines is 1. The summed E-state index contributed by atoms with van der Waals surface area (Å²) >= 11 is 0. The standard InChI is InChI=1S/C13H13NO3/c1-17-7-2-3-8-9-4-5-10(13(15)16)12(9)14-11(8)6-7/h2-3,6,10,14H,4-5H2,1H3,(H,15,16). The second kappa shape index (κ2) is 3.52. The molecule has 1 aliphatic carbocycles. The number of nitrogens with one attached hydrogen (secondary N) is 1. The minimum Gasteiger partial charge on any atom is -0.497 e. The number of rotatable bonds is 2. The van der Waals surface area contributed by atoms with Gasteiger partial charge in [0.15, 0.2) is 0 Å². The van der Waals surface area contributed by atoms with Crippen molar-refractivity contribution in [3.63, 3.8) is 0 Å². The molecule has 1 atom stereocenters. The van der Waals surface area contributed by atoms with Crippen molar-refractivity contribution in [2.75, 3.05) is 7.11 Å². The van der Waals surface area contributed by atoms with E-state index in [4.69, 9.17) is 9.84 Å². The Morgan fingerprint density at radius 2 is 2.35 bits per heavy atom. The van der Waals surface area contributed by atoms with Crippen LogP contribution < -0.4 is 4.74 Å². The molecule has 0 saturated heterocycles. The van der Waals surface area contributed by atoms with Crippen LogP contribution in [0.25, 0.3) is 10.9 Å². The molecular weight excluding hydrogens is 218 g/mol. The zero-order chi connectivity index (χ0) is 12.0. The molecule has 88 valence electrons. The molecule has 0 aliphatic heterocycles. The van der Waals surface area contributed by atoms with Crippen LogP contribution in [0.2, 0.25) is 0 Å². The molecule has 4 nitrogen and oxygen atoms in total. The molecule has 0 bridgehead atoms. The fourth-order valence-corrected chi connectivity index (χ4v) is 2.63. The summed E-state index contributed by atoms with van der Waals surface area (Å²) in [5, 5.41) is 10.3. The fourth-order valence-electron chi connectivity index (χ4n) is 2.63. The van der Waals surface area contributed by atoms with E-state index in [0.717, 1.165) is 34.3 Å². The summed E-state index contributed by atoms with van der Waals surface area (Å²) in [6.45, 7) is 0. The van der Waals surface area contributed by atoms with Gasteiger partial charge in [0.1, 0.15) is 5.75 Å². The highest BCUT2D eigenvalue weighted by molar-refractivity contribution is 5.90. The first-order chi connectivity index (χ1) is 8.20. The van der Waals surface area contributed by atoms with E-state index in [-0.39, 0.29) is 5.92 Å². The van der Waals surface area contributed by atoms with Crippen molar-refractivity contribution in [1.29, 1.82) is 0 Å². The Morgan fingerprint density at radius 1 is 1.53 bits per heavy atom. The van der Waals surface area contributed by atoms with Gasteiger partial charge in [0.25, 0.3) is 0 Å². The van der Waals surface area contributed by atoms with Crippen molar-refractivity contribution in [3.05, 3.63) is 29.5 Å². The predicted octanol–water partition coefficient (Wildman–Crippen LogP) is 2.29. The van der Waals surface area contributed by atoms with Crippen LogP contribution in [-0.4, -0.2) is 23.2 Å². The number of hydrogen-bond donors (Lipinski definition) is 2. The van der Waals surface area contributed by atoms with E-state index in [1.165, 1.54) is 0 Å². The van der Waals surface area contributed by atoms with Gasteiger partial charge in [-0.25, -0.2) is 0 Å². The van der Waals surface area contributed by atoms with Crippen LogP contribution in [0, 0.1) is 0 Å². The maximum Gasteiger partial charge on any atom is 0.312 e. The molecule has 2 N–H and O–H groups in total. The van der Waals surface area contributed by atoms with Gasteiger partial charge in [0.2, 0.25) is 0 Å². The van der Waals surface area contributed by atoms with Crippen molar-refractivity contribution in [1.82, 2.24) is 4.98 Å². The van der Waals surface area contributed by atoms with E-state index in [9.17, 15) is 4.79 Å². The Morgan fingerprint density at radius 3 is 3.06 bits per heavy atom. The monoisotopic (exact) mass is 231 g/mol. The Kier molecular flexibility index (Phi) is 2.11.